The summed E-state index contributed by atoms with van der Waals surface area (Å²) in [5, 5.41) is 12.0. The van der Waals surface area contributed by atoms with Crippen LogP contribution in [-0.4, -0.2) is 36.0 Å². The molecule has 0 saturated carbocycles. The lowest BCUT2D eigenvalue weighted by Gasteiger charge is -2.25. The Morgan fingerprint density at radius 3 is 2.67 bits per heavy atom. The molecule has 0 aliphatic heterocycles. The van der Waals surface area contributed by atoms with E-state index in [2.05, 4.69) is 8.85 Å². The number of carbonyl (C=O) groups is 1. The Balaban J connectivity index is 3.66. The smallest absolute Gasteiger partial charge is 0.323 e. The average Bonchev–Trinajstić information content (AvgIpc) is 2.23. The minimum absolute atomic E-state index is 0.189. The highest BCUT2D eigenvalue weighted by molar-refractivity contribution is 14.1. The molecule has 1 unspecified atom stereocenters. The zero-order valence-corrected chi connectivity index (χ0v) is 11.5. The lowest BCUT2D eigenvalue weighted by Crippen LogP contribution is -2.39. The number of ether oxygens (including phenoxy) is 1. The van der Waals surface area contributed by atoms with Crippen molar-refractivity contribution < 1.29 is 14.6 Å². The molecule has 1 atom stereocenters. The van der Waals surface area contributed by atoms with Crippen LogP contribution in [0.15, 0.2) is 0 Å². The summed E-state index contributed by atoms with van der Waals surface area (Å²) in [5.41, 5.74) is -0.230. The minimum atomic E-state index is -0.676. The number of hydrogen-bond acceptors (Lipinski definition) is 3. The Morgan fingerprint density at radius 2 is 2.20 bits per heavy atom. The SMILES string of the molecule is CCC(C)(C)OCC(O)CNC(=O)NI. The van der Waals surface area contributed by atoms with E-state index in [1.165, 1.54) is 0 Å². The molecular formula is C9H19IN2O3. The number of carbonyl (C=O) groups excluding carboxylic acids is 1. The van der Waals surface area contributed by atoms with E-state index >= 15 is 0 Å². The maximum atomic E-state index is 10.8. The van der Waals surface area contributed by atoms with E-state index in [-0.39, 0.29) is 24.8 Å². The Hall–Kier alpha value is -0.0800. The third kappa shape index (κ3) is 7.80. The summed E-state index contributed by atoms with van der Waals surface area (Å²) >= 11 is 1.73. The molecule has 5 nitrogen and oxygen atoms in total. The molecule has 0 radical (unpaired) electrons. The first-order valence-corrected chi connectivity index (χ1v) is 5.95. The molecule has 15 heavy (non-hydrogen) atoms. The number of amides is 2. The van der Waals surface area contributed by atoms with Crippen molar-refractivity contribution in [2.75, 3.05) is 13.2 Å². The summed E-state index contributed by atoms with van der Waals surface area (Å²) in [7, 11) is 0. The second-order valence-electron chi connectivity index (χ2n) is 3.88. The van der Waals surface area contributed by atoms with Crippen LogP contribution in [0.25, 0.3) is 0 Å². The standard InChI is InChI=1S/C9H19IN2O3/c1-4-9(2,3)15-6-7(13)5-11-8(14)12-10/h7,13H,4-6H2,1-3H3,(H2,11,12,14). The number of halogens is 1. The summed E-state index contributed by atoms with van der Waals surface area (Å²) in [5.74, 6) is 0. The summed E-state index contributed by atoms with van der Waals surface area (Å²) in [4.78, 5) is 10.8. The van der Waals surface area contributed by atoms with E-state index in [4.69, 9.17) is 4.74 Å². The van der Waals surface area contributed by atoms with Crippen molar-refractivity contribution in [3.63, 3.8) is 0 Å². The normalized spacial score (nSPS) is 13.4. The van der Waals surface area contributed by atoms with E-state index in [0.717, 1.165) is 6.42 Å². The highest BCUT2D eigenvalue weighted by Crippen LogP contribution is 2.13. The molecule has 6 heteroatoms. The van der Waals surface area contributed by atoms with E-state index < -0.39 is 6.10 Å². The summed E-state index contributed by atoms with van der Waals surface area (Å²) < 4.78 is 7.85. The van der Waals surface area contributed by atoms with Gasteiger partial charge < -0.3 is 15.2 Å². The van der Waals surface area contributed by atoms with Gasteiger partial charge in [0.25, 0.3) is 0 Å². The first-order chi connectivity index (χ1) is 6.91. The molecule has 0 aliphatic rings. The molecule has 0 bridgehead atoms. The molecule has 3 N–H and O–H groups in total. The van der Waals surface area contributed by atoms with Crippen LogP contribution < -0.4 is 8.85 Å². The van der Waals surface area contributed by atoms with Gasteiger partial charge in [-0.25, -0.2) is 4.79 Å². The Kier molecular flexibility index (Phi) is 7.20. The van der Waals surface area contributed by atoms with Gasteiger partial charge in [0.2, 0.25) is 0 Å². The molecule has 2 amide bonds. The second-order valence-corrected chi connectivity index (χ2v) is 4.42. The second kappa shape index (κ2) is 7.24. The molecule has 0 aromatic heterocycles. The highest BCUT2D eigenvalue weighted by atomic mass is 127. The van der Waals surface area contributed by atoms with Gasteiger partial charge in [-0.05, 0) is 20.3 Å². The number of aliphatic hydroxyl groups is 1. The molecular weight excluding hydrogens is 311 g/mol. The van der Waals surface area contributed by atoms with E-state index in [1.54, 1.807) is 22.9 Å². The van der Waals surface area contributed by atoms with Crippen LogP contribution in [0.5, 0.6) is 0 Å². The van der Waals surface area contributed by atoms with Gasteiger partial charge in [0.1, 0.15) is 0 Å². The number of hydrogen-bond donors (Lipinski definition) is 3. The molecule has 0 rings (SSSR count). The van der Waals surface area contributed by atoms with Gasteiger partial charge in [0.15, 0.2) is 0 Å². The fraction of sp³-hybridized carbons (Fsp3) is 0.889. The Morgan fingerprint density at radius 1 is 1.60 bits per heavy atom. The van der Waals surface area contributed by atoms with Crippen molar-refractivity contribution >= 4 is 28.9 Å². The third-order valence-corrected chi connectivity index (χ3v) is 2.59. The van der Waals surface area contributed by atoms with Gasteiger partial charge in [0, 0.05) is 6.54 Å². The van der Waals surface area contributed by atoms with Crippen LogP contribution in [0.4, 0.5) is 4.79 Å². The van der Waals surface area contributed by atoms with E-state index in [1.807, 2.05) is 20.8 Å². The highest BCUT2D eigenvalue weighted by Gasteiger charge is 2.17. The van der Waals surface area contributed by atoms with Gasteiger partial charge in [-0.2, -0.15) is 0 Å². The van der Waals surface area contributed by atoms with Gasteiger partial charge in [-0.1, -0.05) is 6.92 Å². The van der Waals surface area contributed by atoms with Crippen LogP contribution in [0.3, 0.4) is 0 Å². The number of urea groups is 1. The van der Waals surface area contributed by atoms with Crippen molar-refractivity contribution in [3.8, 4) is 0 Å². The minimum Gasteiger partial charge on any atom is -0.389 e. The zero-order valence-electron chi connectivity index (χ0n) is 9.34. The maximum absolute atomic E-state index is 10.8. The van der Waals surface area contributed by atoms with E-state index in [0.29, 0.717) is 0 Å². The van der Waals surface area contributed by atoms with Crippen molar-refractivity contribution in [1.29, 1.82) is 0 Å². The number of rotatable bonds is 6. The molecule has 90 valence electrons. The topological polar surface area (TPSA) is 70.6 Å². The summed E-state index contributed by atoms with van der Waals surface area (Å²) in [6.07, 6.45) is 0.200. The van der Waals surface area contributed by atoms with Crippen LogP contribution in [0.2, 0.25) is 0 Å². The lowest BCUT2D eigenvalue weighted by atomic mass is 10.1. The molecule has 0 aliphatic carbocycles. The third-order valence-electron chi connectivity index (χ3n) is 2.10. The predicted octanol–water partition coefficient (Wildman–Crippen LogP) is 1.20. The monoisotopic (exact) mass is 330 g/mol. The number of nitrogens with one attached hydrogen (secondary N) is 2. The Labute approximate surface area is 104 Å². The fourth-order valence-corrected chi connectivity index (χ4v) is 0.917. The lowest BCUT2D eigenvalue weighted by molar-refractivity contribution is -0.0594. The molecule has 0 aromatic rings. The first-order valence-electron chi connectivity index (χ1n) is 4.87. The van der Waals surface area contributed by atoms with Crippen LogP contribution in [-0.2, 0) is 4.74 Å². The molecule has 0 spiro atoms. The number of aliphatic hydroxyl groups excluding tert-OH is 1. The Bertz CT molecular complexity index is 200. The molecule has 0 saturated heterocycles. The van der Waals surface area contributed by atoms with Crippen molar-refractivity contribution in [3.05, 3.63) is 0 Å². The van der Waals surface area contributed by atoms with Crippen molar-refractivity contribution in [2.24, 2.45) is 0 Å². The van der Waals surface area contributed by atoms with Gasteiger partial charge in [-0.3, -0.25) is 3.53 Å². The van der Waals surface area contributed by atoms with Crippen LogP contribution in [0.1, 0.15) is 27.2 Å². The average molecular weight is 330 g/mol. The van der Waals surface area contributed by atoms with Crippen molar-refractivity contribution in [1.82, 2.24) is 8.85 Å². The largest absolute Gasteiger partial charge is 0.389 e. The maximum Gasteiger partial charge on any atom is 0.323 e. The summed E-state index contributed by atoms with van der Waals surface area (Å²) in [6, 6.07) is -0.315. The molecule has 0 aromatic carbocycles. The predicted molar refractivity (Wildman–Crippen MR) is 66.9 cm³/mol. The quantitative estimate of drug-likeness (QED) is 0.506. The molecule has 0 fully saturated rings. The van der Waals surface area contributed by atoms with Gasteiger partial charge in [-0.15, -0.1) is 0 Å². The fourth-order valence-electron chi connectivity index (χ4n) is 0.727. The first kappa shape index (κ1) is 14.9. The van der Waals surface area contributed by atoms with Crippen molar-refractivity contribution in [2.45, 2.75) is 38.9 Å². The summed E-state index contributed by atoms with van der Waals surface area (Å²) in [6.45, 7) is 6.36. The van der Waals surface area contributed by atoms with Gasteiger partial charge >= 0.3 is 6.03 Å². The zero-order chi connectivity index (χ0) is 11.9. The molecule has 0 heterocycles. The van der Waals surface area contributed by atoms with Crippen LogP contribution >= 0.6 is 22.9 Å². The van der Waals surface area contributed by atoms with Gasteiger partial charge in [0.05, 0.1) is 41.2 Å². The van der Waals surface area contributed by atoms with E-state index in [9.17, 15) is 9.90 Å². The van der Waals surface area contributed by atoms with Crippen LogP contribution in [0, 0.1) is 0 Å².